The minimum Gasteiger partial charge on any atom is -0.497 e. The van der Waals surface area contributed by atoms with Crippen molar-refractivity contribution in [3.63, 3.8) is 0 Å². The molecule has 0 aliphatic carbocycles. The highest BCUT2D eigenvalue weighted by atomic mass is 31.2. The molecule has 0 saturated heterocycles. The fourth-order valence-electron chi connectivity index (χ4n) is 4.13. The minimum atomic E-state index is -4.81. The van der Waals surface area contributed by atoms with Gasteiger partial charge < -0.3 is 29.3 Å². The average molecular weight is 570 g/mol. The van der Waals surface area contributed by atoms with Crippen LogP contribution in [-0.4, -0.2) is 62.9 Å². The summed E-state index contributed by atoms with van der Waals surface area (Å²) in [5.74, 6) is -0.481. The van der Waals surface area contributed by atoms with Crippen molar-refractivity contribution in [2.75, 3.05) is 33.1 Å². The van der Waals surface area contributed by atoms with Gasteiger partial charge in [0.1, 0.15) is 17.6 Å². The second kappa shape index (κ2) is 12.1. The maximum atomic E-state index is 14.0. The summed E-state index contributed by atoms with van der Waals surface area (Å²) in [5, 5.41) is 3.41. The van der Waals surface area contributed by atoms with E-state index < -0.39 is 20.0 Å². The van der Waals surface area contributed by atoms with Gasteiger partial charge in [0.15, 0.2) is 0 Å². The number of carbonyl (C=O) groups is 1. The summed E-state index contributed by atoms with van der Waals surface area (Å²) in [6, 6.07) is 9.92. The smallest absolute Gasteiger partial charge is 0.471 e. The molecule has 1 amide bonds. The Kier molecular flexibility index (Phi) is 8.77. The van der Waals surface area contributed by atoms with Crippen molar-refractivity contribution in [3.8, 4) is 28.0 Å². The number of likely N-dealkylation sites (N-methyl/N-ethyl adjacent to an activating group) is 1. The van der Waals surface area contributed by atoms with Crippen LogP contribution in [-0.2, 0) is 13.9 Å². The predicted octanol–water partition coefficient (Wildman–Crippen LogP) is 4.60. The Balaban J connectivity index is 1.79. The zero-order valence-corrected chi connectivity index (χ0v) is 23.2. The lowest BCUT2D eigenvalue weighted by molar-refractivity contribution is -0.111. The molecule has 4 aromatic rings. The van der Waals surface area contributed by atoms with Crippen LogP contribution in [0.3, 0.4) is 0 Å². The van der Waals surface area contributed by atoms with Gasteiger partial charge in [0.25, 0.3) is 0 Å². The number of hydrogen-bond donors (Lipinski definition) is 3. The van der Waals surface area contributed by atoms with E-state index in [1.54, 1.807) is 42.7 Å². The maximum Gasteiger partial charge on any atom is 0.471 e. The van der Waals surface area contributed by atoms with Crippen molar-refractivity contribution in [2.24, 2.45) is 0 Å². The summed E-state index contributed by atoms with van der Waals surface area (Å²) in [6.45, 7) is 2.08. The van der Waals surface area contributed by atoms with E-state index in [0.717, 1.165) is 0 Å². The third-order valence-electron chi connectivity index (χ3n) is 5.87. The summed E-state index contributed by atoms with van der Waals surface area (Å²) in [6.07, 6.45) is 6.62. The van der Waals surface area contributed by atoms with E-state index in [0.29, 0.717) is 51.3 Å². The number of halogens is 1. The van der Waals surface area contributed by atoms with E-state index >= 15 is 0 Å². The Bertz CT molecular complexity index is 1620. The highest BCUT2D eigenvalue weighted by Crippen LogP contribution is 2.43. The van der Waals surface area contributed by atoms with Gasteiger partial charge in [0.2, 0.25) is 11.9 Å². The van der Waals surface area contributed by atoms with E-state index in [1.165, 1.54) is 36.9 Å². The zero-order valence-electron chi connectivity index (χ0n) is 22.3. The van der Waals surface area contributed by atoms with Crippen molar-refractivity contribution >= 4 is 30.5 Å². The lowest BCUT2D eigenvalue weighted by Gasteiger charge is -2.16. The van der Waals surface area contributed by atoms with Crippen LogP contribution in [0.2, 0.25) is 0 Å². The number of anilines is 1. The summed E-state index contributed by atoms with van der Waals surface area (Å²) >= 11 is 0. The monoisotopic (exact) mass is 569 g/mol. The van der Waals surface area contributed by atoms with Gasteiger partial charge in [-0.15, -0.1) is 0 Å². The van der Waals surface area contributed by atoms with Crippen molar-refractivity contribution in [1.29, 1.82) is 0 Å². The molecule has 4 rings (SSSR count). The molecule has 0 aliphatic heterocycles. The first-order valence-electron chi connectivity index (χ1n) is 12.1. The van der Waals surface area contributed by atoms with Gasteiger partial charge in [0, 0.05) is 65.5 Å². The molecule has 210 valence electrons. The third kappa shape index (κ3) is 7.17. The SMILES string of the molecule is COc1cc(NC(=O)/C=C/CN(C)C)cc(-c2cnc3c(c2)c(-c2ccnc(F)c2)cn3C(C)OP(=O)(O)O)c1. The average Bonchev–Trinajstić information content (AvgIpc) is 3.26. The van der Waals surface area contributed by atoms with Crippen LogP contribution in [0.25, 0.3) is 33.3 Å². The van der Waals surface area contributed by atoms with Gasteiger partial charge in [-0.1, -0.05) is 6.08 Å². The Morgan fingerprint density at radius 3 is 2.62 bits per heavy atom. The summed E-state index contributed by atoms with van der Waals surface area (Å²) in [7, 11) is 0.510. The van der Waals surface area contributed by atoms with Gasteiger partial charge in [-0.05, 0) is 56.4 Å². The number of benzene rings is 1. The van der Waals surface area contributed by atoms with Gasteiger partial charge >= 0.3 is 7.82 Å². The van der Waals surface area contributed by atoms with Crippen LogP contribution in [0.5, 0.6) is 5.75 Å². The van der Waals surface area contributed by atoms with Crippen LogP contribution in [0.15, 0.2) is 67.1 Å². The molecule has 1 aromatic carbocycles. The number of nitrogens with zero attached hydrogens (tertiary/aromatic N) is 4. The summed E-state index contributed by atoms with van der Waals surface area (Å²) in [5.41, 5.74) is 3.24. The van der Waals surface area contributed by atoms with Crippen molar-refractivity contribution in [2.45, 2.75) is 13.2 Å². The lowest BCUT2D eigenvalue weighted by Crippen LogP contribution is -2.13. The van der Waals surface area contributed by atoms with Gasteiger partial charge in [-0.3, -0.25) is 9.32 Å². The van der Waals surface area contributed by atoms with Crippen molar-refractivity contribution in [3.05, 3.63) is 73.1 Å². The minimum absolute atomic E-state index is 0.298. The first-order chi connectivity index (χ1) is 18.9. The molecule has 0 radical (unpaired) electrons. The lowest BCUT2D eigenvalue weighted by atomic mass is 10.0. The molecule has 1 unspecified atom stereocenters. The highest BCUT2D eigenvalue weighted by Gasteiger charge is 2.23. The first-order valence-corrected chi connectivity index (χ1v) is 13.6. The van der Waals surface area contributed by atoms with Gasteiger partial charge in [-0.2, -0.15) is 4.39 Å². The van der Waals surface area contributed by atoms with Crippen molar-refractivity contribution in [1.82, 2.24) is 19.4 Å². The summed E-state index contributed by atoms with van der Waals surface area (Å²) in [4.78, 5) is 41.2. The molecule has 13 heteroatoms. The molecule has 0 saturated carbocycles. The molecule has 0 aliphatic rings. The number of phosphoric ester groups is 1. The third-order valence-corrected chi connectivity index (χ3v) is 6.45. The van der Waals surface area contributed by atoms with Crippen LogP contribution in [0, 0.1) is 5.95 Å². The molecular formula is C27H29FN5O6P. The quantitative estimate of drug-likeness (QED) is 0.142. The number of amides is 1. The van der Waals surface area contributed by atoms with Crippen LogP contribution in [0.4, 0.5) is 10.1 Å². The number of phosphoric acid groups is 1. The summed E-state index contributed by atoms with van der Waals surface area (Å²) < 4.78 is 37.3. The van der Waals surface area contributed by atoms with E-state index in [9.17, 15) is 23.5 Å². The van der Waals surface area contributed by atoms with E-state index in [1.807, 2.05) is 25.1 Å². The Hall–Kier alpha value is -3.93. The normalized spacial score (nSPS) is 12.8. The second-order valence-corrected chi connectivity index (χ2v) is 10.4. The Morgan fingerprint density at radius 1 is 1.18 bits per heavy atom. The standard InChI is InChI=1S/C27H29FN5O6P/c1-17(39-40(35,36)37)33-16-24(18-7-8-29-25(28)13-18)23-12-20(15-30-27(23)33)19-10-21(14-22(11-19)38-4)31-26(34)6-5-9-32(2)3/h5-8,10-17H,9H2,1-4H3,(H,31,34)(H2,35,36,37)/b6-5+. The maximum absolute atomic E-state index is 14.0. The molecule has 3 heterocycles. The number of ether oxygens (including phenoxy) is 1. The van der Waals surface area contributed by atoms with Gasteiger partial charge in [0.05, 0.1) is 7.11 Å². The molecule has 11 nitrogen and oxygen atoms in total. The number of methoxy groups -OCH3 is 1. The highest BCUT2D eigenvalue weighted by molar-refractivity contribution is 7.46. The topological polar surface area (TPSA) is 139 Å². The fraction of sp³-hybridized carbons (Fsp3) is 0.222. The predicted molar refractivity (Wildman–Crippen MR) is 149 cm³/mol. The van der Waals surface area contributed by atoms with E-state index in [2.05, 4.69) is 15.3 Å². The molecule has 0 spiro atoms. The van der Waals surface area contributed by atoms with Crippen LogP contribution < -0.4 is 10.1 Å². The molecule has 3 aromatic heterocycles. The number of rotatable bonds is 10. The molecule has 0 bridgehead atoms. The number of pyridine rings is 2. The molecule has 3 N–H and O–H groups in total. The fourth-order valence-corrected chi connectivity index (χ4v) is 4.63. The Labute approximate surface area is 230 Å². The van der Waals surface area contributed by atoms with Gasteiger partial charge in [-0.25, -0.2) is 14.5 Å². The number of hydrogen-bond acceptors (Lipinski definition) is 7. The number of carbonyl (C=O) groups excluding carboxylic acids is 1. The molecule has 1 atom stereocenters. The van der Waals surface area contributed by atoms with Crippen LogP contribution >= 0.6 is 7.82 Å². The zero-order chi connectivity index (χ0) is 29.0. The van der Waals surface area contributed by atoms with Crippen molar-refractivity contribution < 1.29 is 32.8 Å². The van der Waals surface area contributed by atoms with Crippen LogP contribution in [0.1, 0.15) is 13.2 Å². The first kappa shape index (κ1) is 29.1. The molecular weight excluding hydrogens is 540 g/mol. The Morgan fingerprint density at radius 2 is 1.95 bits per heavy atom. The number of fused-ring (bicyclic) bond motifs is 1. The van der Waals surface area contributed by atoms with E-state index in [4.69, 9.17) is 9.26 Å². The molecule has 0 fully saturated rings. The molecule has 40 heavy (non-hydrogen) atoms. The number of aromatic nitrogens is 3. The number of nitrogens with one attached hydrogen (secondary N) is 1. The largest absolute Gasteiger partial charge is 0.497 e. The second-order valence-electron chi connectivity index (χ2n) is 9.21. The van der Waals surface area contributed by atoms with E-state index in [-0.39, 0.29) is 5.91 Å².